The number of hydrogen-bond donors (Lipinski definition) is 1. The second-order valence-corrected chi connectivity index (χ2v) is 5.64. The fourth-order valence-electron chi connectivity index (χ4n) is 2.64. The zero-order chi connectivity index (χ0) is 17.8. The summed E-state index contributed by atoms with van der Waals surface area (Å²) in [6.45, 7) is 0. The minimum atomic E-state index is -0.246. The normalized spacial score (nSPS) is 10.5. The van der Waals surface area contributed by atoms with E-state index in [0.717, 1.165) is 10.8 Å². The van der Waals surface area contributed by atoms with E-state index in [1.165, 1.54) is 0 Å². The first-order chi connectivity index (χ1) is 12.8. The Balaban J connectivity index is 1.51. The van der Waals surface area contributed by atoms with Crippen LogP contribution in [0, 0.1) is 0 Å². The molecule has 0 fully saturated rings. The summed E-state index contributed by atoms with van der Waals surface area (Å²) in [4.78, 5) is 20.8. The number of hydrogen-bond acceptors (Lipinski definition) is 4. The van der Waals surface area contributed by atoms with Crippen LogP contribution in [0.25, 0.3) is 10.8 Å². The Labute approximate surface area is 150 Å². The minimum Gasteiger partial charge on any atom is -0.457 e. The van der Waals surface area contributed by atoms with Gasteiger partial charge in [-0.05, 0) is 47.9 Å². The van der Waals surface area contributed by atoms with Gasteiger partial charge in [-0.1, -0.05) is 24.3 Å². The first-order valence-electron chi connectivity index (χ1n) is 8.13. The van der Waals surface area contributed by atoms with Crippen molar-refractivity contribution in [1.29, 1.82) is 0 Å². The maximum absolute atomic E-state index is 12.6. The van der Waals surface area contributed by atoms with Crippen LogP contribution in [0.3, 0.4) is 0 Å². The van der Waals surface area contributed by atoms with Crippen molar-refractivity contribution in [3.8, 4) is 11.5 Å². The van der Waals surface area contributed by atoms with Crippen LogP contribution in [0.15, 0.2) is 85.3 Å². The van der Waals surface area contributed by atoms with Gasteiger partial charge in [0, 0.05) is 29.7 Å². The van der Waals surface area contributed by atoms with Crippen molar-refractivity contribution >= 4 is 22.4 Å². The van der Waals surface area contributed by atoms with E-state index in [2.05, 4.69) is 15.3 Å². The number of ether oxygens (including phenoxy) is 1. The van der Waals surface area contributed by atoms with E-state index in [1.807, 2.05) is 30.3 Å². The van der Waals surface area contributed by atoms with Crippen molar-refractivity contribution in [1.82, 2.24) is 9.97 Å². The van der Waals surface area contributed by atoms with Gasteiger partial charge in [-0.2, -0.15) is 0 Å². The van der Waals surface area contributed by atoms with E-state index in [-0.39, 0.29) is 5.91 Å². The Morgan fingerprint density at radius 1 is 0.808 bits per heavy atom. The van der Waals surface area contributed by atoms with Crippen LogP contribution < -0.4 is 10.1 Å². The lowest BCUT2D eigenvalue weighted by molar-refractivity contribution is 0.102. The molecule has 0 aliphatic heterocycles. The zero-order valence-electron chi connectivity index (χ0n) is 13.8. The second kappa shape index (κ2) is 7.03. The van der Waals surface area contributed by atoms with Gasteiger partial charge in [-0.3, -0.25) is 14.8 Å². The Hall–Kier alpha value is -3.73. The molecule has 2 aromatic heterocycles. The summed E-state index contributed by atoms with van der Waals surface area (Å²) in [6.07, 6.45) is 4.98. The molecule has 0 saturated carbocycles. The molecule has 2 heterocycles. The van der Waals surface area contributed by atoms with Crippen LogP contribution >= 0.6 is 0 Å². The van der Waals surface area contributed by atoms with Crippen LogP contribution in [0.4, 0.5) is 5.69 Å². The molecule has 1 N–H and O–H groups in total. The number of nitrogens with zero attached hydrogens (tertiary/aromatic N) is 2. The number of carbonyl (C=O) groups is 1. The fourth-order valence-corrected chi connectivity index (χ4v) is 2.64. The summed E-state index contributed by atoms with van der Waals surface area (Å²) < 4.78 is 5.72. The highest BCUT2D eigenvalue weighted by molar-refractivity contribution is 6.11. The van der Waals surface area contributed by atoms with Crippen molar-refractivity contribution in [3.63, 3.8) is 0 Å². The van der Waals surface area contributed by atoms with Crippen LogP contribution in [-0.2, 0) is 0 Å². The topological polar surface area (TPSA) is 64.1 Å². The van der Waals surface area contributed by atoms with Gasteiger partial charge >= 0.3 is 0 Å². The van der Waals surface area contributed by atoms with Crippen molar-refractivity contribution in [3.05, 3.63) is 91.0 Å². The number of aromatic nitrogens is 2. The van der Waals surface area contributed by atoms with E-state index in [9.17, 15) is 4.79 Å². The smallest absolute Gasteiger partial charge is 0.274 e. The Kier molecular flexibility index (Phi) is 4.26. The predicted octanol–water partition coefficient (Wildman–Crippen LogP) is 4.67. The lowest BCUT2D eigenvalue weighted by Crippen LogP contribution is -2.14. The third-order valence-electron chi connectivity index (χ3n) is 3.89. The standard InChI is InChI=1S/C21H15N3O2/c25-21(20-19-4-2-1-3-15(19)9-14-23-20)24-16-5-7-17(8-6-16)26-18-10-12-22-13-11-18/h1-14H,(H,24,25). The number of fused-ring (bicyclic) bond motifs is 1. The van der Waals surface area contributed by atoms with Gasteiger partial charge in [-0.15, -0.1) is 0 Å². The molecule has 4 rings (SSSR count). The molecule has 2 aromatic carbocycles. The van der Waals surface area contributed by atoms with Crippen molar-refractivity contribution < 1.29 is 9.53 Å². The molecule has 5 heteroatoms. The second-order valence-electron chi connectivity index (χ2n) is 5.64. The molecule has 0 spiro atoms. The van der Waals surface area contributed by atoms with Gasteiger partial charge in [0.05, 0.1) is 0 Å². The molecule has 0 unspecified atom stereocenters. The summed E-state index contributed by atoms with van der Waals surface area (Å²) in [6, 6.07) is 20.3. The van der Waals surface area contributed by atoms with E-state index >= 15 is 0 Å². The first kappa shape index (κ1) is 15.8. The molecule has 0 aliphatic rings. The van der Waals surface area contributed by atoms with Gasteiger partial charge in [0.15, 0.2) is 0 Å². The molecule has 0 saturated heterocycles. The molecule has 126 valence electrons. The van der Waals surface area contributed by atoms with E-state index in [1.54, 1.807) is 55.0 Å². The molecule has 5 nitrogen and oxygen atoms in total. The average Bonchev–Trinajstić information content (AvgIpc) is 2.70. The molecule has 26 heavy (non-hydrogen) atoms. The summed E-state index contributed by atoms with van der Waals surface area (Å²) in [5.41, 5.74) is 1.08. The Bertz CT molecular complexity index is 1040. The number of rotatable bonds is 4. The average molecular weight is 341 g/mol. The third kappa shape index (κ3) is 3.37. The van der Waals surface area contributed by atoms with Crippen molar-refractivity contribution in [2.24, 2.45) is 0 Å². The monoisotopic (exact) mass is 341 g/mol. The number of nitrogens with one attached hydrogen (secondary N) is 1. The number of anilines is 1. The quantitative estimate of drug-likeness (QED) is 0.586. The third-order valence-corrected chi connectivity index (χ3v) is 3.89. The van der Waals surface area contributed by atoms with Gasteiger partial charge in [0.25, 0.3) is 5.91 Å². The van der Waals surface area contributed by atoms with E-state index in [4.69, 9.17) is 4.74 Å². The van der Waals surface area contributed by atoms with Gasteiger partial charge < -0.3 is 10.1 Å². The lowest BCUT2D eigenvalue weighted by Gasteiger charge is -2.09. The summed E-state index contributed by atoms with van der Waals surface area (Å²) >= 11 is 0. The van der Waals surface area contributed by atoms with Crippen molar-refractivity contribution in [2.45, 2.75) is 0 Å². The van der Waals surface area contributed by atoms with Crippen LogP contribution in [0.1, 0.15) is 10.5 Å². The van der Waals surface area contributed by atoms with Gasteiger partial charge in [-0.25, -0.2) is 0 Å². The van der Waals surface area contributed by atoms with Crippen LogP contribution in [-0.4, -0.2) is 15.9 Å². The largest absolute Gasteiger partial charge is 0.457 e. The molecule has 4 aromatic rings. The molecular weight excluding hydrogens is 326 g/mol. The summed E-state index contributed by atoms with van der Waals surface area (Å²) in [7, 11) is 0. The van der Waals surface area contributed by atoms with Crippen molar-refractivity contribution in [2.75, 3.05) is 5.32 Å². The van der Waals surface area contributed by atoms with Crippen LogP contribution in [0.2, 0.25) is 0 Å². The predicted molar refractivity (Wildman–Crippen MR) is 100 cm³/mol. The van der Waals surface area contributed by atoms with Crippen LogP contribution in [0.5, 0.6) is 11.5 Å². The number of carbonyl (C=O) groups excluding carboxylic acids is 1. The minimum absolute atomic E-state index is 0.246. The Morgan fingerprint density at radius 3 is 2.35 bits per heavy atom. The highest BCUT2D eigenvalue weighted by atomic mass is 16.5. The van der Waals surface area contributed by atoms with E-state index in [0.29, 0.717) is 22.9 Å². The number of pyridine rings is 2. The SMILES string of the molecule is O=C(Nc1ccc(Oc2ccncc2)cc1)c1nccc2ccccc12. The fraction of sp³-hybridized carbons (Fsp3) is 0. The summed E-state index contributed by atoms with van der Waals surface area (Å²) in [5, 5.41) is 4.68. The molecule has 0 aliphatic carbocycles. The van der Waals surface area contributed by atoms with E-state index < -0.39 is 0 Å². The molecule has 1 amide bonds. The maximum atomic E-state index is 12.6. The molecular formula is C21H15N3O2. The van der Waals surface area contributed by atoms with Gasteiger partial charge in [0.2, 0.25) is 0 Å². The maximum Gasteiger partial charge on any atom is 0.274 e. The number of amides is 1. The molecule has 0 radical (unpaired) electrons. The highest BCUT2D eigenvalue weighted by Gasteiger charge is 2.11. The first-order valence-corrected chi connectivity index (χ1v) is 8.13. The zero-order valence-corrected chi connectivity index (χ0v) is 13.8. The highest BCUT2D eigenvalue weighted by Crippen LogP contribution is 2.23. The summed E-state index contributed by atoms with van der Waals surface area (Å²) in [5.74, 6) is 1.14. The number of benzene rings is 2. The Morgan fingerprint density at radius 2 is 1.54 bits per heavy atom. The lowest BCUT2D eigenvalue weighted by atomic mass is 10.1. The molecule has 0 atom stereocenters. The molecule has 0 bridgehead atoms. The van der Waals surface area contributed by atoms with Gasteiger partial charge in [0.1, 0.15) is 17.2 Å².